The van der Waals surface area contributed by atoms with Crippen LogP contribution in [0.15, 0.2) is 36.5 Å². The number of fused-ring (bicyclic) bond motifs is 1. The van der Waals surface area contributed by atoms with E-state index < -0.39 is 5.54 Å². The molecule has 1 fully saturated rings. The molecule has 3 heteroatoms. The normalized spacial score (nSPS) is 17.7. The van der Waals surface area contributed by atoms with E-state index in [1.807, 2.05) is 30.3 Å². The van der Waals surface area contributed by atoms with Gasteiger partial charge in [0.15, 0.2) is 5.78 Å². The molecule has 17 heavy (non-hydrogen) atoms. The van der Waals surface area contributed by atoms with Crippen molar-refractivity contribution in [3.8, 4) is 0 Å². The van der Waals surface area contributed by atoms with Crippen LogP contribution in [0, 0.1) is 0 Å². The first-order chi connectivity index (χ1) is 8.19. The molecule has 0 radical (unpaired) electrons. The van der Waals surface area contributed by atoms with Crippen LogP contribution in [-0.2, 0) is 0 Å². The van der Waals surface area contributed by atoms with Gasteiger partial charge in [0.1, 0.15) is 0 Å². The van der Waals surface area contributed by atoms with E-state index in [4.69, 9.17) is 5.73 Å². The van der Waals surface area contributed by atoms with Crippen molar-refractivity contribution >= 4 is 16.7 Å². The number of hydrogen-bond acceptors (Lipinski definition) is 3. The smallest absolute Gasteiger partial charge is 0.184 e. The summed E-state index contributed by atoms with van der Waals surface area (Å²) in [4.78, 5) is 16.5. The van der Waals surface area contributed by atoms with Crippen molar-refractivity contribution < 1.29 is 4.79 Å². The van der Waals surface area contributed by atoms with Gasteiger partial charge in [0, 0.05) is 17.1 Å². The standard InChI is InChI=1S/C14H14N2O/c15-14(6-3-7-14)13(17)11-8-10-4-1-2-5-12(10)16-9-11/h1-2,4-5,8-9H,3,6-7,15H2. The summed E-state index contributed by atoms with van der Waals surface area (Å²) in [5.74, 6) is 0.0296. The third kappa shape index (κ3) is 1.63. The van der Waals surface area contributed by atoms with Crippen LogP contribution in [0.3, 0.4) is 0 Å². The number of nitrogens with two attached hydrogens (primary N) is 1. The fraction of sp³-hybridized carbons (Fsp3) is 0.286. The molecule has 0 spiro atoms. The summed E-state index contributed by atoms with van der Waals surface area (Å²) in [5.41, 5.74) is 6.95. The van der Waals surface area contributed by atoms with Gasteiger partial charge in [-0.15, -0.1) is 0 Å². The first kappa shape index (κ1) is 10.4. The quantitative estimate of drug-likeness (QED) is 0.799. The zero-order valence-electron chi connectivity index (χ0n) is 9.52. The number of nitrogens with zero attached hydrogens (tertiary/aromatic N) is 1. The van der Waals surface area contributed by atoms with Crippen molar-refractivity contribution in [1.82, 2.24) is 4.98 Å². The van der Waals surface area contributed by atoms with Gasteiger partial charge in [0.2, 0.25) is 0 Å². The highest BCUT2D eigenvalue weighted by molar-refractivity contribution is 6.05. The topological polar surface area (TPSA) is 56.0 Å². The number of carbonyl (C=O) groups is 1. The van der Waals surface area contributed by atoms with E-state index in [-0.39, 0.29) is 5.78 Å². The average Bonchev–Trinajstić information content (AvgIpc) is 2.34. The minimum atomic E-state index is -0.635. The second-order valence-corrected chi connectivity index (χ2v) is 4.76. The zero-order valence-corrected chi connectivity index (χ0v) is 9.52. The molecule has 1 aromatic carbocycles. The van der Waals surface area contributed by atoms with Crippen LogP contribution in [0.4, 0.5) is 0 Å². The third-order valence-corrected chi connectivity index (χ3v) is 3.55. The van der Waals surface area contributed by atoms with E-state index in [0.717, 1.165) is 30.2 Å². The molecule has 0 aliphatic heterocycles. The second-order valence-electron chi connectivity index (χ2n) is 4.76. The molecule has 0 amide bonds. The molecular formula is C14H14N2O. The van der Waals surface area contributed by atoms with Crippen LogP contribution in [-0.4, -0.2) is 16.3 Å². The maximum Gasteiger partial charge on any atom is 0.184 e. The van der Waals surface area contributed by atoms with Crippen molar-refractivity contribution in [1.29, 1.82) is 0 Å². The van der Waals surface area contributed by atoms with Crippen LogP contribution in [0.1, 0.15) is 29.6 Å². The molecule has 0 unspecified atom stereocenters. The lowest BCUT2D eigenvalue weighted by Gasteiger charge is -2.36. The fourth-order valence-electron chi connectivity index (χ4n) is 2.27. The molecular weight excluding hydrogens is 212 g/mol. The Labute approximate surface area is 99.7 Å². The van der Waals surface area contributed by atoms with E-state index in [2.05, 4.69) is 4.98 Å². The predicted molar refractivity (Wildman–Crippen MR) is 66.8 cm³/mol. The minimum Gasteiger partial charge on any atom is -0.319 e. The van der Waals surface area contributed by atoms with Crippen molar-refractivity contribution in [2.45, 2.75) is 24.8 Å². The molecule has 3 rings (SSSR count). The molecule has 1 saturated carbocycles. The maximum absolute atomic E-state index is 12.2. The zero-order chi connectivity index (χ0) is 11.9. The highest BCUT2D eigenvalue weighted by atomic mass is 16.1. The Morgan fingerprint density at radius 2 is 2.06 bits per heavy atom. The number of Topliss-reactive ketones (excluding diaryl/α,β-unsaturated/α-hetero) is 1. The predicted octanol–water partition coefficient (Wildman–Crippen LogP) is 2.30. The molecule has 0 bridgehead atoms. The Hall–Kier alpha value is -1.74. The number of ketones is 1. The molecule has 0 atom stereocenters. The largest absolute Gasteiger partial charge is 0.319 e. The van der Waals surface area contributed by atoms with E-state index in [0.29, 0.717) is 5.56 Å². The highest BCUT2D eigenvalue weighted by Gasteiger charge is 2.40. The van der Waals surface area contributed by atoms with Crippen LogP contribution in [0.2, 0.25) is 0 Å². The van der Waals surface area contributed by atoms with Gasteiger partial charge in [0.25, 0.3) is 0 Å². The van der Waals surface area contributed by atoms with Gasteiger partial charge in [-0.1, -0.05) is 18.2 Å². The van der Waals surface area contributed by atoms with Crippen LogP contribution in [0.5, 0.6) is 0 Å². The Bertz CT molecular complexity index is 588. The summed E-state index contributed by atoms with van der Waals surface area (Å²) in [6, 6.07) is 9.67. The van der Waals surface area contributed by atoms with Gasteiger partial charge < -0.3 is 5.73 Å². The maximum atomic E-state index is 12.2. The number of para-hydroxylation sites is 1. The molecule has 0 saturated heterocycles. The summed E-state index contributed by atoms with van der Waals surface area (Å²) in [6.07, 6.45) is 4.26. The van der Waals surface area contributed by atoms with Crippen molar-refractivity contribution in [2.24, 2.45) is 5.73 Å². The van der Waals surface area contributed by atoms with Gasteiger partial charge in [-0.2, -0.15) is 0 Å². The second kappa shape index (κ2) is 3.64. The first-order valence-electron chi connectivity index (χ1n) is 5.88. The third-order valence-electron chi connectivity index (χ3n) is 3.55. The number of benzene rings is 1. The number of pyridine rings is 1. The van der Waals surface area contributed by atoms with E-state index >= 15 is 0 Å². The van der Waals surface area contributed by atoms with Crippen LogP contribution >= 0.6 is 0 Å². The molecule has 3 nitrogen and oxygen atoms in total. The first-order valence-corrected chi connectivity index (χ1v) is 5.88. The van der Waals surface area contributed by atoms with Gasteiger partial charge >= 0.3 is 0 Å². The highest BCUT2D eigenvalue weighted by Crippen LogP contribution is 2.32. The monoisotopic (exact) mass is 226 g/mol. The summed E-state index contributed by atoms with van der Waals surface area (Å²) in [5, 5.41) is 0.987. The molecule has 1 aliphatic carbocycles. The summed E-state index contributed by atoms with van der Waals surface area (Å²) in [7, 11) is 0. The fourth-order valence-corrected chi connectivity index (χ4v) is 2.27. The lowest BCUT2D eigenvalue weighted by Crippen LogP contribution is -2.53. The minimum absolute atomic E-state index is 0.0296. The average molecular weight is 226 g/mol. The molecule has 1 aromatic heterocycles. The van der Waals surface area contributed by atoms with E-state index in [1.54, 1.807) is 6.20 Å². The van der Waals surface area contributed by atoms with E-state index in [1.165, 1.54) is 0 Å². The number of carbonyl (C=O) groups excluding carboxylic acids is 1. The lowest BCUT2D eigenvalue weighted by atomic mass is 9.73. The van der Waals surface area contributed by atoms with Crippen LogP contribution < -0.4 is 5.73 Å². The molecule has 2 aromatic rings. The SMILES string of the molecule is NC1(C(=O)c2cnc3ccccc3c2)CCC1. The van der Waals surface area contributed by atoms with Gasteiger partial charge in [-0.05, 0) is 31.4 Å². The Balaban J connectivity index is 2.03. The van der Waals surface area contributed by atoms with Crippen molar-refractivity contribution in [3.05, 3.63) is 42.1 Å². The van der Waals surface area contributed by atoms with E-state index in [9.17, 15) is 4.79 Å². The van der Waals surface area contributed by atoms with Gasteiger partial charge in [-0.3, -0.25) is 9.78 Å². The van der Waals surface area contributed by atoms with Gasteiger partial charge in [-0.25, -0.2) is 0 Å². The summed E-state index contributed by atoms with van der Waals surface area (Å²) >= 11 is 0. The Morgan fingerprint density at radius 3 is 2.76 bits per heavy atom. The van der Waals surface area contributed by atoms with Crippen molar-refractivity contribution in [2.75, 3.05) is 0 Å². The Kier molecular flexibility index (Phi) is 2.23. The molecule has 1 heterocycles. The van der Waals surface area contributed by atoms with Crippen molar-refractivity contribution in [3.63, 3.8) is 0 Å². The molecule has 86 valence electrons. The summed E-state index contributed by atoms with van der Waals surface area (Å²) in [6.45, 7) is 0. The Morgan fingerprint density at radius 1 is 1.29 bits per heavy atom. The molecule has 2 N–H and O–H groups in total. The number of rotatable bonds is 2. The summed E-state index contributed by atoms with van der Waals surface area (Å²) < 4.78 is 0. The van der Waals surface area contributed by atoms with Gasteiger partial charge in [0.05, 0.1) is 11.1 Å². The number of aromatic nitrogens is 1. The number of hydrogen-bond donors (Lipinski definition) is 1. The van der Waals surface area contributed by atoms with Crippen LogP contribution in [0.25, 0.3) is 10.9 Å². The lowest BCUT2D eigenvalue weighted by molar-refractivity contribution is 0.0800. The molecule has 1 aliphatic rings.